The molecule has 1 amide bonds. The van der Waals surface area contributed by atoms with E-state index in [4.69, 9.17) is 4.52 Å². The number of rotatable bonds is 3. The van der Waals surface area contributed by atoms with Crippen molar-refractivity contribution in [3.8, 4) is 10.6 Å². The molecular weight excluding hydrogens is 300 g/mol. The number of H-pyrrole nitrogens is 1. The fraction of sp³-hybridized carbons (Fsp3) is 0.267. The topological polar surface area (TPSA) is 83.8 Å². The molecule has 0 bridgehead atoms. The molecule has 0 aliphatic rings. The summed E-state index contributed by atoms with van der Waals surface area (Å²) in [6.07, 6.45) is 0. The van der Waals surface area contributed by atoms with Gasteiger partial charge in [0.2, 0.25) is 0 Å². The van der Waals surface area contributed by atoms with Crippen molar-refractivity contribution in [2.24, 2.45) is 0 Å². The van der Waals surface area contributed by atoms with Crippen LogP contribution in [-0.4, -0.2) is 21.3 Å². The van der Waals surface area contributed by atoms with E-state index in [0.717, 1.165) is 10.6 Å². The van der Waals surface area contributed by atoms with Gasteiger partial charge < -0.3 is 9.84 Å². The summed E-state index contributed by atoms with van der Waals surface area (Å²) in [5.74, 6) is 0.771. The SMILES string of the molecule is CC(C)(C)c1cc(NC(=O)c2cc(-c3cccs3)[nH]n2)no1. The van der Waals surface area contributed by atoms with Crippen LogP contribution in [0.5, 0.6) is 0 Å². The van der Waals surface area contributed by atoms with Crippen LogP contribution in [-0.2, 0) is 5.41 Å². The van der Waals surface area contributed by atoms with Crippen LogP contribution in [0.15, 0.2) is 34.2 Å². The third-order valence-electron chi connectivity index (χ3n) is 3.09. The molecule has 0 aliphatic heterocycles. The highest BCUT2D eigenvalue weighted by molar-refractivity contribution is 7.13. The van der Waals surface area contributed by atoms with Gasteiger partial charge in [0.15, 0.2) is 11.5 Å². The van der Waals surface area contributed by atoms with Crippen LogP contribution in [0.1, 0.15) is 37.0 Å². The first-order valence-electron chi connectivity index (χ1n) is 6.81. The van der Waals surface area contributed by atoms with Gasteiger partial charge in [-0.15, -0.1) is 11.3 Å². The van der Waals surface area contributed by atoms with Crippen LogP contribution >= 0.6 is 11.3 Å². The van der Waals surface area contributed by atoms with Crippen molar-refractivity contribution >= 4 is 23.1 Å². The molecule has 0 fully saturated rings. The monoisotopic (exact) mass is 316 g/mol. The molecule has 3 rings (SSSR count). The van der Waals surface area contributed by atoms with Gasteiger partial charge in [0.25, 0.3) is 5.91 Å². The lowest BCUT2D eigenvalue weighted by Gasteiger charge is -2.11. The van der Waals surface area contributed by atoms with Crippen molar-refractivity contribution in [1.82, 2.24) is 15.4 Å². The summed E-state index contributed by atoms with van der Waals surface area (Å²) in [7, 11) is 0. The number of aromatic amines is 1. The maximum atomic E-state index is 12.2. The van der Waals surface area contributed by atoms with Gasteiger partial charge in [-0.05, 0) is 17.5 Å². The zero-order chi connectivity index (χ0) is 15.7. The van der Waals surface area contributed by atoms with Gasteiger partial charge in [0.1, 0.15) is 5.76 Å². The third kappa shape index (κ3) is 2.94. The molecule has 6 nitrogen and oxygen atoms in total. The average Bonchev–Trinajstić information content (AvgIpc) is 3.18. The summed E-state index contributed by atoms with van der Waals surface area (Å²) < 4.78 is 5.24. The second-order valence-electron chi connectivity index (χ2n) is 5.92. The molecule has 0 atom stereocenters. The number of nitrogens with one attached hydrogen (secondary N) is 2. The van der Waals surface area contributed by atoms with Crippen molar-refractivity contribution in [3.63, 3.8) is 0 Å². The summed E-state index contributed by atoms with van der Waals surface area (Å²) in [4.78, 5) is 13.2. The minimum absolute atomic E-state index is 0.158. The Labute approximate surface area is 131 Å². The molecule has 3 aromatic rings. The van der Waals surface area contributed by atoms with Crippen LogP contribution in [0, 0.1) is 0 Å². The lowest BCUT2D eigenvalue weighted by molar-refractivity contribution is 0.102. The summed E-state index contributed by atoms with van der Waals surface area (Å²) >= 11 is 1.58. The molecule has 0 saturated heterocycles. The van der Waals surface area contributed by atoms with Crippen LogP contribution < -0.4 is 5.32 Å². The van der Waals surface area contributed by atoms with E-state index in [0.29, 0.717) is 17.3 Å². The highest BCUT2D eigenvalue weighted by Gasteiger charge is 2.21. The first-order chi connectivity index (χ1) is 10.4. The Morgan fingerprint density at radius 2 is 2.18 bits per heavy atom. The van der Waals surface area contributed by atoms with Gasteiger partial charge in [-0.25, -0.2) is 0 Å². The van der Waals surface area contributed by atoms with Gasteiger partial charge in [0, 0.05) is 11.5 Å². The number of hydrogen-bond acceptors (Lipinski definition) is 5. The maximum Gasteiger partial charge on any atom is 0.277 e. The number of carbonyl (C=O) groups is 1. The predicted molar refractivity (Wildman–Crippen MR) is 85.1 cm³/mol. The largest absolute Gasteiger partial charge is 0.359 e. The number of nitrogens with zero attached hydrogens (tertiary/aromatic N) is 2. The molecule has 7 heteroatoms. The van der Waals surface area contributed by atoms with E-state index in [1.807, 2.05) is 38.3 Å². The second kappa shape index (κ2) is 5.42. The quantitative estimate of drug-likeness (QED) is 0.772. The summed E-state index contributed by atoms with van der Waals surface area (Å²) in [5.41, 5.74) is 0.966. The van der Waals surface area contributed by atoms with E-state index in [1.54, 1.807) is 23.5 Å². The lowest BCUT2D eigenvalue weighted by atomic mass is 9.93. The van der Waals surface area contributed by atoms with Crippen molar-refractivity contribution in [2.45, 2.75) is 26.2 Å². The normalized spacial score (nSPS) is 11.6. The molecule has 114 valence electrons. The fourth-order valence-electron chi connectivity index (χ4n) is 1.86. The Morgan fingerprint density at radius 3 is 2.82 bits per heavy atom. The third-order valence-corrected chi connectivity index (χ3v) is 3.99. The highest BCUT2D eigenvalue weighted by atomic mass is 32.1. The number of anilines is 1. The zero-order valence-corrected chi connectivity index (χ0v) is 13.3. The molecule has 0 saturated carbocycles. The van der Waals surface area contributed by atoms with Crippen molar-refractivity contribution < 1.29 is 9.32 Å². The summed E-state index contributed by atoms with van der Waals surface area (Å²) in [6, 6.07) is 7.35. The van der Waals surface area contributed by atoms with E-state index >= 15 is 0 Å². The van der Waals surface area contributed by atoms with E-state index in [1.165, 1.54) is 0 Å². The van der Waals surface area contributed by atoms with Crippen LogP contribution in [0.3, 0.4) is 0 Å². The van der Waals surface area contributed by atoms with Crippen LogP contribution in [0.4, 0.5) is 5.82 Å². The first-order valence-corrected chi connectivity index (χ1v) is 7.69. The molecular formula is C15H16N4O2S. The van der Waals surface area contributed by atoms with Gasteiger partial charge in [-0.1, -0.05) is 32.0 Å². The number of thiophene rings is 1. The fourth-order valence-corrected chi connectivity index (χ4v) is 2.56. The predicted octanol–water partition coefficient (Wildman–Crippen LogP) is 3.68. The second-order valence-corrected chi connectivity index (χ2v) is 6.87. The maximum absolute atomic E-state index is 12.2. The molecule has 0 aromatic carbocycles. The molecule has 0 aliphatic carbocycles. The Balaban J connectivity index is 1.74. The molecule has 3 heterocycles. The smallest absolute Gasteiger partial charge is 0.277 e. The molecule has 0 radical (unpaired) electrons. The number of hydrogen-bond donors (Lipinski definition) is 2. The van der Waals surface area contributed by atoms with Crippen molar-refractivity contribution in [3.05, 3.63) is 41.1 Å². The number of aromatic nitrogens is 3. The molecule has 22 heavy (non-hydrogen) atoms. The van der Waals surface area contributed by atoms with E-state index < -0.39 is 0 Å². The average molecular weight is 316 g/mol. The Kier molecular flexibility index (Phi) is 3.58. The minimum atomic E-state index is -0.326. The Morgan fingerprint density at radius 1 is 1.36 bits per heavy atom. The zero-order valence-electron chi connectivity index (χ0n) is 12.5. The summed E-state index contributed by atoms with van der Waals surface area (Å²) in [6.45, 7) is 6.04. The lowest BCUT2D eigenvalue weighted by Crippen LogP contribution is -2.13. The molecule has 3 aromatic heterocycles. The van der Waals surface area contributed by atoms with Crippen LogP contribution in [0.2, 0.25) is 0 Å². The molecule has 2 N–H and O–H groups in total. The van der Waals surface area contributed by atoms with E-state index in [-0.39, 0.29) is 11.3 Å². The standard InChI is InChI=1S/C15H16N4O2S/c1-15(2,3)12-8-13(19-21-12)16-14(20)10-7-9(17-18-10)11-5-4-6-22-11/h4-8H,1-3H3,(H,17,18)(H,16,19,20). The Bertz CT molecular complexity index is 781. The van der Waals surface area contributed by atoms with E-state index in [9.17, 15) is 4.79 Å². The first kappa shape index (κ1) is 14.5. The van der Waals surface area contributed by atoms with E-state index in [2.05, 4.69) is 20.7 Å². The molecule has 0 spiro atoms. The van der Waals surface area contributed by atoms with Crippen molar-refractivity contribution in [2.75, 3.05) is 5.32 Å². The number of amides is 1. The molecule has 0 unspecified atom stereocenters. The highest BCUT2D eigenvalue weighted by Crippen LogP contribution is 2.25. The van der Waals surface area contributed by atoms with Gasteiger partial charge >= 0.3 is 0 Å². The Hall–Kier alpha value is -2.41. The number of carbonyl (C=O) groups excluding carboxylic acids is 1. The van der Waals surface area contributed by atoms with Crippen molar-refractivity contribution in [1.29, 1.82) is 0 Å². The van der Waals surface area contributed by atoms with Gasteiger partial charge in [-0.2, -0.15) is 5.10 Å². The summed E-state index contributed by atoms with van der Waals surface area (Å²) in [5, 5.41) is 15.4. The van der Waals surface area contributed by atoms with Crippen LogP contribution in [0.25, 0.3) is 10.6 Å². The van der Waals surface area contributed by atoms with Gasteiger partial charge in [0.05, 0.1) is 10.6 Å². The van der Waals surface area contributed by atoms with Gasteiger partial charge in [-0.3, -0.25) is 9.89 Å². The minimum Gasteiger partial charge on any atom is -0.359 e.